The van der Waals surface area contributed by atoms with Gasteiger partial charge in [0.15, 0.2) is 0 Å². The normalized spacial score (nSPS) is 10.4. The summed E-state index contributed by atoms with van der Waals surface area (Å²) in [5.74, 6) is -0.345. The Morgan fingerprint density at radius 2 is 2.15 bits per heavy atom. The van der Waals surface area contributed by atoms with Crippen molar-refractivity contribution in [3.63, 3.8) is 0 Å². The molecule has 7 heteroatoms. The number of nitrogens with zero attached hydrogens (tertiary/aromatic N) is 2. The monoisotopic (exact) mass is 281 g/mol. The van der Waals surface area contributed by atoms with E-state index in [1.54, 1.807) is 7.05 Å². The van der Waals surface area contributed by atoms with Crippen molar-refractivity contribution in [1.29, 1.82) is 0 Å². The number of nitro groups is 1. The van der Waals surface area contributed by atoms with E-state index >= 15 is 0 Å². The predicted octanol–water partition coefficient (Wildman–Crippen LogP) is 1.48. The molecule has 20 heavy (non-hydrogen) atoms. The molecule has 110 valence electrons. The Labute approximate surface area is 117 Å². The summed E-state index contributed by atoms with van der Waals surface area (Å²) in [6.45, 7) is 3.67. The molecule has 1 aromatic carbocycles. The van der Waals surface area contributed by atoms with Gasteiger partial charge in [-0.25, -0.2) is 0 Å². The first-order valence-electron chi connectivity index (χ1n) is 6.30. The molecule has 1 aromatic rings. The number of nitrogens with one attached hydrogen (secondary N) is 1. The summed E-state index contributed by atoms with van der Waals surface area (Å²) in [4.78, 5) is 24.2. The number of amides is 1. The first kappa shape index (κ1) is 15.9. The smallest absolute Gasteiger partial charge is 0.270 e. The van der Waals surface area contributed by atoms with Gasteiger partial charge in [-0.3, -0.25) is 14.9 Å². The molecule has 1 rings (SSSR count). The minimum atomic E-state index is -0.540. The van der Waals surface area contributed by atoms with Gasteiger partial charge in [-0.2, -0.15) is 0 Å². The molecule has 2 N–H and O–H groups in total. The summed E-state index contributed by atoms with van der Waals surface area (Å²) in [5, 5.41) is 22.7. The Balaban J connectivity index is 3.23. The fraction of sp³-hybridized carbons (Fsp3) is 0.462. The standard InChI is InChI=1S/C13H19N3O4/c1-9(2)15(6-7-17)13(18)11-8-10(16(19)20)4-5-12(11)14-3/h4-5,8-9,14,17H,6-7H2,1-3H3. The van der Waals surface area contributed by atoms with Gasteiger partial charge in [-0.1, -0.05) is 0 Å². The lowest BCUT2D eigenvalue weighted by atomic mass is 10.1. The molecule has 0 aliphatic carbocycles. The van der Waals surface area contributed by atoms with E-state index in [1.165, 1.54) is 23.1 Å². The molecule has 7 nitrogen and oxygen atoms in total. The van der Waals surface area contributed by atoms with Gasteiger partial charge in [0.1, 0.15) is 0 Å². The van der Waals surface area contributed by atoms with Crippen molar-refractivity contribution in [2.24, 2.45) is 0 Å². The van der Waals surface area contributed by atoms with Gasteiger partial charge in [0, 0.05) is 37.5 Å². The van der Waals surface area contributed by atoms with Crippen molar-refractivity contribution < 1.29 is 14.8 Å². The van der Waals surface area contributed by atoms with Crippen LogP contribution in [0.3, 0.4) is 0 Å². The number of hydrogen-bond donors (Lipinski definition) is 2. The van der Waals surface area contributed by atoms with E-state index in [0.29, 0.717) is 5.69 Å². The Bertz CT molecular complexity index is 502. The molecule has 0 heterocycles. The predicted molar refractivity (Wildman–Crippen MR) is 75.9 cm³/mol. The van der Waals surface area contributed by atoms with Gasteiger partial charge in [0.05, 0.1) is 17.1 Å². The highest BCUT2D eigenvalue weighted by molar-refractivity contribution is 6.00. The Morgan fingerprint density at radius 3 is 2.60 bits per heavy atom. The zero-order valence-electron chi connectivity index (χ0n) is 11.8. The third-order valence-electron chi connectivity index (χ3n) is 2.94. The molecule has 0 aliphatic heterocycles. The quantitative estimate of drug-likeness (QED) is 0.608. The van der Waals surface area contributed by atoms with E-state index in [9.17, 15) is 14.9 Å². The highest BCUT2D eigenvalue weighted by Crippen LogP contribution is 2.23. The van der Waals surface area contributed by atoms with E-state index in [1.807, 2.05) is 13.8 Å². The highest BCUT2D eigenvalue weighted by atomic mass is 16.6. The van der Waals surface area contributed by atoms with E-state index in [0.717, 1.165) is 0 Å². The van der Waals surface area contributed by atoms with Crippen LogP contribution in [0, 0.1) is 10.1 Å². The number of benzene rings is 1. The van der Waals surface area contributed by atoms with Gasteiger partial charge in [0.2, 0.25) is 0 Å². The number of aliphatic hydroxyl groups excluding tert-OH is 1. The summed E-state index contributed by atoms with van der Waals surface area (Å²) < 4.78 is 0. The molecule has 0 radical (unpaired) electrons. The maximum atomic E-state index is 12.5. The molecule has 0 bridgehead atoms. The molecule has 0 aromatic heterocycles. The molecule has 0 spiro atoms. The first-order valence-corrected chi connectivity index (χ1v) is 6.30. The molecule has 0 saturated heterocycles. The van der Waals surface area contributed by atoms with Crippen LogP contribution < -0.4 is 5.32 Å². The topological polar surface area (TPSA) is 95.7 Å². The average Bonchev–Trinajstić information content (AvgIpc) is 2.42. The largest absolute Gasteiger partial charge is 0.395 e. The van der Waals surface area contributed by atoms with Crippen LogP contribution in [0.2, 0.25) is 0 Å². The van der Waals surface area contributed by atoms with E-state index in [4.69, 9.17) is 5.11 Å². The van der Waals surface area contributed by atoms with Gasteiger partial charge in [-0.05, 0) is 19.9 Å². The average molecular weight is 281 g/mol. The van der Waals surface area contributed by atoms with Crippen LogP contribution in [0.15, 0.2) is 18.2 Å². The molecule has 0 fully saturated rings. The van der Waals surface area contributed by atoms with Gasteiger partial charge in [-0.15, -0.1) is 0 Å². The maximum Gasteiger partial charge on any atom is 0.270 e. The second kappa shape index (κ2) is 6.85. The number of carbonyl (C=O) groups excluding carboxylic acids is 1. The van der Waals surface area contributed by atoms with Crippen LogP contribution in [-0.4, -0.2) is 47.1 Å². The van der Waals surface area contributed by atoms with Crippen LogP contribution in [-0.2, 0) is 0 Å². The van der Waals surface area contributed by atoms with Crippen molar-refractivity contribution in [3.05, 3.63) is 33.9 Å². The lowest BCUT2D eigenvalue weighted by Crippen LogP contribution is -2.39. The molecule has 0 saturated carbocycles. The van der Waals surface area contributed by atoms with Crippen molar-refractivity contribution in [1.82, 2.24) is 4.90 Å². The minimum absolute atomic E-state index is 0.112. The van der Waals surface area contributed by atoms with Crippen LogP contribution >= 0.6 is 0 Å². The summed E-state index contributed by atoms with van der Waals surface area (Å²) in [6, 6.07) is 3.98. The minimum Gasteiger partial charge on any atom is -0.395 e. The zero-order valence-corrected chi connectivity index (χ0v) is 11.8. The van der Waals surface area contributed by atoms with Crippen LogP contribution in [0.25, 0.3) is 0 Å². The number of carbonyl (C=O) groups is 1. The number of aliphatic hydroxyl groups is 1. The first-order chi connectivity index (χ1) is 9.42. The lowest BCUT2D eigenvalue weighted by molar-refractivity contribution is -0.384. The van der Waals surface area contributed by atoms with E-state index < -0.39 is 4.92 Å². The SMILES string of the molecule is CNc1ccc([N+](=O)[O-])cc1C(=O)N(CCO)C(C)C. The van der Waals surface area contributed by atoms with Crippen molar-refractivity contribution in [2.75, 3.05) is 25.5 Å². The Hall–Kier alpha value is -2.15. The zero-order chi connectivity index (χ0) is 15.3. The van der Waals surface area contributed by atoms with Crippen LogP contribution in [0.1, 0.15) is 24.2 Å². The Kier molecular flexibility index (Phi) is 5.45. The summed E-state index contributed by atoms with van der Waals surface area (Å²) in [6.07, 6.45) is 0. The van der Waals surface area contributed by atoms with Gasteiger partial charge < -0.3 is 15.3 Å². The molecule has 0 atom stereocenters. The number of nitro benzene ring substituents is 1. The number of non-ortho nitro benzene ring substituents is 1. The third kappa shape index (κ3) is 3.45. The molecular formula is C13H19N3O4. The fourth-order valence-electron chi connectivity index (χ4n) is 1.90. The van der Waals surface area contributed by atoms with Crippen LogP contribution in [0.4, 0.5) is 11.4 Å². The molecule has 1 amide bonds. The number of rotatable bonds is 6. The van der Waals surface area contributed by atoms with Gasteiger partial charge in [0.25, 0.3) is 11.6 Å². The molecule has 0 aliphatic rings. The fourth-order valence-corrected chi connectivity index (χ4v) is 1.90. The third-order valence-corrected chi connectivity index (χ3v) is 2.94. The van der Waals surface area contributed by atoms with Crippen molar-refractivity contribution >= 4 is 17.3 Å². The van der Waals surface area contributed by atoms with Crippen molar-refractivity contribution in [2.45, 2.75) is 19.9 Å². The molecular weight excluding hydrogens is 262 g/mol. The van der Waals surface area contributed by atoms with E-state index in [-0.39, 0.29) is 36.4 Å². The van der Waals surface area contributed by atoms with E-state index in [2.05, 4.69) is 5.32 Å². The summed E-state index contributed by atoms with van der Waals surface area (Å²) in [5.41, 5.74) is 0.605. The Morgan fingerprint density at radius 1 is 1.50 bits per heavy atom. The number of anilines is 1. The van der Waals surface area contributed by atoms with Gasteiger partial charge >= 0.3 is 0 Å². The number of hydrogen-bond acceptors (Lipinski definition) is 5. The highest BCUT2D eigenvalue weighted by Gasteiger charge is 2.23. The molecule has 0 unspecified atom stereocenters. The summed E-state index contributed by atoms with van der Waals surface area (Å²) in [7, 11) is 1.64. The second-order valence-electron chi connectivity index (χ2n) is 4.55. The lowest BCUT2D eigenvalue weighted by Gasteiger charge is -2.26. The van der Waals surface area contributed by atoms with Crippen LogP contribution in [0.5, 0.6) is 0 Å². The maximum absolute atomic E-state index is 12.5. The second-order valence-corrected chi connectivity index (χ2v) is 4.55. The summed E-state index contributed by atoms with van der Waals surface area (Å²) >= 11 is 0. The van der Waals surface area contributed by atoms with Crippen molar-refractivity contribution in [3.8, 4) is 0 Å².